The summed E-state index contributed by atoms with van der Waals surface area (Å²) in [5.41, 5.74) is -0.686. The molecule has 1 aromatic rings. The van der Waals surface area contributed by atoms with Gasteiger partial charge in [-0.15, -0.1) is 0 Å². The van der Waals surface area contributed by atoms with Gasteiger partial charge in [0.15, 0.2) is 0 Å². The average Bonchev–Trinajstić information content (AvgIpc) is 2.34. The smallest absolute Gasteiger partial charge is 0.249 e. The van der Waals surface area contributed by atoms with Crippen molar-refractivity contribution in [3.63, 3.8) is 0 Å². The van der Waals surface area contributed by atoms with E-state index in [1.807, 2.05) is 0 Å². The van der Waals surface area contributed by atoms with Crippen LogP contribution >= 0.6 is 11.6 Å². The number of imide groups is 1. The fraction of sp³-hybridized carbons (Fsp3) is 0.385. The van der Waals surface area contributed by atoms with Gasteiger partial charge in [0.1, 0.15) is 5.82 Å². The van der Waals surface area contributed by atoms with E-state index >= 15 is 0 Å². The summed E-state index contributed by atoms with van der Waals surface area (Å²) in [4.78, 5) is 25.0. The van der Waals surface area contributed by atoms with Gasteiger partial charge in [-0.25, -0.2) is 4.39 Å². The number of hydrogen-bond donors (Lipinski definition) is 1. The highest BCUT2D eigenvalue weighted by Gasteiger charge is 2.40. The van der Waals surface area contributed by atoms with Crippen LogP contribution in [-0.4, -0.2) is 28.8 Å². The summed E-state index contributed by atoms with van der Waals surface area (Å²) >= 11 is 5.91. The quantitative estimate of drug-likeness (QED) is 0.841. The summed E-state index contributed by atoms with van der Waals surface area (Å²) in [5, 5.41) is 3.04. The van der Waals surface area contributed by atoms with E-state index in [2.05, 4.69) is 5.32 Å². The van der Waals surface area contributed by atoms with E-state index < -0.39 is 11.4 Å². The van der Waals surface area contributed by atoms with E-state index in [0.717, 1.165) is 4.90 Å². The summed E-state index contributed by atoms with van der Waals surface area (Å²) in [6, 6.07) is 4.26. The number of nitrogens with one attached hydrogen (secondary N) is 1. The molecule has 4 nitrogen and oxygen atoms in total. The van der Waals surface area contributed by atoms with Crippen molar-refractivity contribution in [2.24, 2.45) is 0 Å². The summed E-state index contributed by atoms with van der Waals surface area (Å²) in [5.74, 6) is -1.30. The molecule has 0 unspecified atom stereocenters. The average molecular weight is 285 g/mol. The minimum absolute atomic E-state index is 0.0464. The predicted octanol–water partition coefficient (Wildman–Crippen LogP) is 1.72. The van der Waals surface area contributed by atoms with E-state index in [9.17, 15) is 14.0 Å². The summed E-state index contributed by atoms with van der Waals surface area (Å²) < 4.78 is 13.7. The van der Waals surface area contributed by atoms with Crippen LogP contribution in [0.5, 0.6) is 0 Å². The molecular formula is C13H14ClFN2O2. The molecule has 0 aromatic heterocycles. The highest BCUT2D eigenvalue weighted by Crippen LogP contribution is 2.23. The van der Waals surface area contributed by atoms with Crippen molar-refractivity contribution >= 4 is 23.4 Å². The van der Waals surface area contributed by atoms with Crippen LogP contribution in [0.3, 0.4) is 0 Å². The molecule has 2 amide bonds. The molecule has 19 heavy (non-hydrogen) atoms. The van der Waals surface area contributed by atoms with Gasteiger partial charge >= 0.3 is 0 Å². The second-order valence-corrected chi connectivity index (χ2v) is 5.37. The Morgan fingerprint density at radius 1 is 1.42 bits per heavy atom. The van der Waals surface area contributed by atoms with Crippen molar-refractivity contribution in [1.29, 1.82) is 0 Å². The minimum atomic E-state index is -0.842. The monoisotopic (exact) mass is 284 g/mol. The maximum atomic E-state index is 13.7. The number of amides is 2. The number of carbonyl (C=O) groups is 2. The molecule has 0 aliphatic carbocycles. The van der Waals surface area contributed by atoms with Crippen molar-refractivity contribution in [3.05, 3.63) is 34.6 Å². The van der Waals surface area contributed by atoms with Gasteiger partial charge in [-0.1, -0.05) is 17.7 Å². The molecule has 2 rings (SSSR count). The van der Waals surface area contributed by atoms with Crippen LogP contribution in [0.2, 0.25) is 5.02 Å². The second kappa shape index (κ2) is 4.90. The zero-order valence-corrected chi connectivity index (χ0v) is 11.4. The Labute approximate surface area is 115 Å². The van der Waals surface area contributed by atoms with Gasteiger partial charge in [-0.05, 0) is 26.0 Å². The lowest BCUT2D eigenvalue weighted by Crippen LogP contribution is -2.63. The number of carbonyl (C=O) groups excluding carboxylic acids is 2. The van der Waals surface area contributed by atoms with Gasteiger partial charge in [-0.3, -0.25) is 19.8 Å². The first-order chi connectivity index (χ1) is 8.83. The number of hydrogen-bond acceptors (Lipinski definition) is 3. The van der Waals surface area contributed by atoms with Crippen molar-refractivity contribution in [3.8, 4) is 0 Å². The molecule has 1 N–H and O–H groups in total. The first kappa shape index (κ1) is 14.0. The Hall–Kier alpha value is -1.46. The Morgan fingerprint density at radius 3 is 2.74 bits per heavy atom. The molecule has 0 saturated carbocycles. The van der Waals surface area contributed by atoms with Crippen LogP contribution in [-0.2, 0) is 16.1 Å². The molecule has 6 heteroatoms. The van der Waals surface area contributed by atoms with Gasteiger partial charge in [0.2, 0.25) is 11.8 Å². The third kappa shape index (κ3) is 2.62. The van der Waals surface area contributed by atoms with Crippen LogP contribution in [0.25, 0.3) is 0 Å². The highest BCUT2D eigenvalue weighted by molar-refractivity contribution is 6.31. The van der Waals surface area contributed by atoms with E-state index in [4.69, 9.17) is 11.6 Å². The van der Waals surface area contributed by atoms with Crippen LogP contribution in [0, 0.1) is 5.82 Å². The number of halogens is 2. The molecule has 1 fully saturated rings. The number of rotatable bonds is 2. The van der Waals surface area contributed by atoms with Crippen molar-refractivity contribution < 1.29 is 14.0 Å². The molecule has 0 bridgehead atoms. The molecule has 0 atom stereocenters. The summed E-state index contributed by atoms with van der Waals surface area (Å²) in [7, 11) is 0. The maximum absolute atomic E-state index is 13.7. The zero-order valence-electron chi connectivity index (χ0n) is 10.7. The SMILES string of the molecule is CC1(C)NCC(=O)N(Cc2c(F)cccc2Cl)C1=O. The third-order valence-corrected chi connectivity index (χ3v) is 3.49. The molecule has 1 aromatic carbocycles. The Morgan fingerprint density at radius 2 is 2.11 bits per heavy atom. The number of piperazine rings is 1. The Bertz CT molecular complexity index is 525. The normalized spacial score (nSPS) is 18.8. The van der Waals surface area contributed by atoms with Crippen LogP contribution in [0.4, 0.5) is 4.39 Å². The summed E-state index contributed by atoms with van der Waals surface area (Å²) in [6.45, 7) is 3.26. The predicted molar refractivity (Wildman–Crippen MR) is 69.0 cm³/mol. The molecule has 1 aliphatic rings. The van der Waals surface area contributed by atoms with Crippen LogP contribution < -0.4 is 5.32 Å². The van der Waals surface area contributed by atoms with E-state index in [1.165, 1.54) is 18.2 Å². The van der Waals surface area contributed by atoms with Gasteiger partial charge in [0.05, 0.1) is 18.6 Å². The molecule has 1 aliphatic heterocycles. The lowest BCUT2D eigenvalue weighted by molar-refractivity contribution is -0.153. The molecule has 1 saturated heterocycles. The maximum Gasteiger partial charge on any atom is 0.249 e. The topological polar surface area (TPSA) is 49.4 Å². The molecule has 0 spiro atoms. The van der Waals surface area contributed by atoms with E-state index in [0.29, 0.717) is 0 Å². The third-order valence-electron chi connectivity index (χ3n) is 3.14. The Balaban J connectivity index is 2.31. The second-order valence-electron chi connectivity index (χ2n) is 4.96. The lowest BCUT2D eigenvalue weighted by atomic mass is 10.00. The van der Waals surface area contributed by atoms with Gasteiger partial charge in [-0.2, -0.15) is 0 Å². The van der Waals surface area contributed by atoms with Crippen molar-refractivity contribution in [2.45, 2.75) is 25.9 Å². The van der Waals surface area contributed by atoms with Crippen molar-refractivity contribution in [1.82, 2.24) is 10.2 Å². The van der Waals surface area contributed by atoms with Crippen LogP contribution in [0.1, 0.15) is 19.4 Å². The zero-order chi connectivity index (χ0) is 14.2. The van der Waals surface area contributed by atoms with Gasteiger partial charge < -0.3 is 0 Å². The lowest BCUT2D eigenvalue weighted by Gasteiger charge is -2.36. The van der Waals surface area contributed by atoms with Gasteiger partial charge in [0, 0.05) is 10.6 Å². The van der Waals surface area contributed by atoms with E-state index in [1.54, 1.807) is 13.8 Å². The fourth-order valence-corrected chi connectivity index (χ4v) is 2.14. The van der Waals surface area contributed by atoms with E-state index in [-0.39, 0.29) is 35.5 Å². The van der Waals surface area contributed by atoms with Crippen LogP contribution in [0.15, 0.2) is 18.2 Å². The minimum Gasteiger partial charge on any atom is -0.295 e. The fourth-order valence-electron chi connectivity index (χ4n) is 1.92. The Kier molecular flexibility index (Phi) is 3.60. The number of benzene rings is 1. The molecule has 102 valence electrons. The number of nitrogens with zero attached hydrogens (tertiary/aromatic N) is 1. The highest BCUT2D eigenvalue weighted by atomic mass is 35.5. The molecule has 0 radical (unpaired) electrons. The molecule has 1 heterocycles. The van der Waals surface area contributed by atoms with Crippen molar-refractivity contribution in [2.75, 3.05) is 6.54 Å². The van der Waals surface area contributed by atoms with Gasteiger partial charge in [0.25, 0.3) is 0 Å². The summed E-state index contributed by atoms with van der Waals surface area (Å²) in [6.07, 6.45) is 0. The first-order valence-corrected chi connectivity index (χ1v) is 6.23. The first-order valence-electron chi connectivity index (χ1n) is 5.85. The standard InChI is InChI=1S/C13H14ClFN2O2/c1-13(2)12(19)17(11(18)6-16-13)7-8-9(14)4-3-5-10(8)15/h3-5,16H,6-7H2,1-2H3. The largest absolute Gasteiger partial charge is 0.295 e. The molecular weight excluding hydrogens is 271 g/mol.